The minimum atomic E-state index is 0.279. The van der Waals surface area contributed by atoms with Crippen molar-refractivity contribution in [1.29, 1.82) is 0 Å². The molecule has 17 heavy (non-hydrogen) atoms. The summed E-state index contributed by atoms with van der Waals surface area (Å²) in [5.41, 5.74) is 0.279. The van der Waals surface area contributed by atoms with E-state index in [9.17, 15) is 4.79 Å². The van der Waals surface area contributed by atoms with E-state index in [0.29, 0.717) is 12.0 Å². The van der Waals surface area contributed by atoms with Crippen molar-refractivity contribution >= 4 is 5.91 Å². The lowest BCUT2D eigenvalue weighted by atomic mass is 9.78. The summed E-state index contributed by atoms with van der Waals surface area (Å²) in [6, 6.07) is 0. The first-order chi connectivity index (χ1) is 8.27. The van der Waals surface area contributed by atoms with Gasteiger partial charge in [0.05, 0.1) is 6.10 Å². The van der Waals surface area contributed by atoms with Crippen LogP contribution in [0.3, 0.4) is 0 Å². The molecule has 0 aromatic carbocycles. The number of hydrogen-bond acceptors (Lipinski definition) is 3. The number of ether oxygens (including phenoxy) is 1. The first kappa shape index (κ1) is 11.5. The minimum Gasteiger partial charge on any atom is -0.376 e. The Bertz CT molecular complexity index is 294. The van der Waals surface area contributed by atoms with Gasteiger partial charge in [-0.1, -0.05) is 0 Å². The second-order valence-corrected chi connectivity index (χ2v) is 5.84. The number of hydrogen-bond donors (Lipinski definition) is 1. The molecule has 1 amide bonds. The number of carbonyl (C=O) groups excluding carboxylic acids is 1. The van der Waals surface area contributed by atoms with Gasteiger partial charge in [0.15, 0.2) is 0 Å². The third kappa shape index (κ3) is 2.33. The van der Waals surface area contributed by atoms with Crippen molar-refractivity contribution in [3.63, 3.8) is 0 Å². The molecule has 0 radical (unpaired) electrons. The van der Waals surface area contributed by atoms with Crippen LogP contribution < -0.4 is 5.32 Å². The second kappa shape index (κ2) is 4.58. The summed E-state index contributed by atoms with van der Waals surface area (Å²) in [7, 11) is 0. The van der Waals surface area contributed by atoms with Crippen LogP contribution in [-0.2, 0) is 9.53 Å². The summed E-state index contributed by atoms with van der Waals surface area (Å²) in [6.07, 6.45) is 5.65. The standard InChI is InChI=1S/C13H22N2O2/c16-12-8-13(3-5-14-6-4-13)10-15(12)9-11-2-1-7-17-11/h11,14H,1-10H2. The molecule has 3 fully saturated rings. The predicted molar refractivity (Wildman–Crippen MR) is 64.7 cm³/mol. The summed E-state index contributed by atoms with van der Waals surface area (Å²) in [5, 5.41) is 3.38. The van der Waals surface area contributed by atoms with E-state index in [4.69, 9.17) is 4.74 Å². The first-order valence-corrected chi connectivity index (χ1v) is 6.88. The molecule has 4 nitrogen and oxygen atoms in total. The molecule has 3 aliphatic rings. The van der Waals surface area contributed by atoms with Gasteiger partial charge in [-0.3, -0.25) is 4.79 Å². The lowest BCUT2D eigenvalue weighted by Crippen LogP contribution is -2.40. The topological polar surface area (TPSA) is 41.6 Å². The number of likely N-dealkylation sites (tertiary alicyclic amines) is 1. The van der Waals surface area contributed by atoms with Crippen molar-refractivity contribution in [1.82, 2.24) is 10.2 Å². The van der Waals surface area contributed by atoms with Gasteiger partial charge in [-0.15, -0.1) is 0 Å². The SMILES string of the molecule is O=C1CC2(CCNCC2)CN1CC1CCCO1. The average molecular weight is 238 g/mol. The number of rotatable bonds is 2. The van der Waals surface area contributed by atoms with Crippen molar-refractivity contribution in [2.75, 3.05) is 32.8 Å². The number of nitrogens with zero attached hydrogens (tertiary/aromatic N) is 1. The molecule has 3 aliphatic heterocycles. The van der Waals surface area contributed by atoms with E-state index < -0.39 is 0 Å². The lowest BCUT2D eigenvalue weighted by molar-refractivity contribution is -0.129. The molecule has 3 rings (SSSR count). The van der Waals surface area contributed by atoms with Crippen molar-refractivity contribution < 1.29 is 9.53 Å². The van der Waals surface area contributed by atoms with E-state index in [-0.39, 0.29) is 5.41 Å². The molecule has 0 aromatic rings. The van der Waals surface area contributed by atoms with Crippen LogP contribution in [0.25, 0.3) is 0 Å². The monoisotopic (exact) mass is 238 g/mol. The zero-order chi connectivity index (χ0) is 11.7. The van der Waals surface area contributed by atoms with Gasteiger partial charge in [0.2, 0.25) is 5.91 Å². The largest absolute Gasteiger partial charge is 0.376 e. The van der Waals surface area contributed by atoms with Gasteiger partial charge in [0.25, 0.3) is 0 Å². The molecule has 0 aliphatic carbocycles. The van der Waals surface area contributed by atoms with Gasteiger partial charge < -0.3 is 15.0 Å². The van der Waals surface area contributed by atoms with Crippen LogP contribution in [0, 0.1) is 5.41 Å². The van der Waals surface area contributed by atoms with Crippen LogP contribution >= 0.6 is 0 Å². The second-order valence-electron chi connectivity index (χ2n) is 5.84. The van der Waals surface area contributed by atoms with Crippen LogP contribution in [0.2, 0.25) is 0 Å². The van der Waals surface area contributed by atoms with Crippen LogP contribution in [0.1, 0.15) is 32.1 Å². The third-order valence-corrected chi connectivity index (χ3v) is 4.52. The highest BCUT2D eigenvalue weighted by atomic mass is 16.5. The molecule has 1 unspecified atom stereocenters. The molecule has 3 saturated heterocycles. The fourth-order valence-electron chi connectivity index (χ4n) is 3.47. The summed E-state index contributed by atoms with van der Waals surface area (Å²) in [6.45, 7) is 4.81. The maximum absolute atomic E-state index is 12.1. The fraction of sp³-hybridized carbons (Fsp3) is 0.923. The molecule has 0 bridgehead atoms. The summed E-state index contributed by atoms with van der Waals surface area (Å²) in [4.78, 5) is 14.1. The lowest BCUT2D eigenvalue weighted by Gasteiger charge is -2.33. The Morgan fingerprint density at radius 3 is 2.94 bits per heavy atom. The Morgan fingerprint density at radius 2 is 2.24 bits per heavy atom. The van der Waals surface area contributed by atoms with Crippen LogP contribution in [0.15, 0.2) is 0 Å². The molecule has 4 heteroatoms. The zero-order valence-corrected chi connectivity index (χ0v) is 10.4. The maximum atomic E-state index is 12.1. The number of amides is 1. The Kier molecular flexibility index (Phi) is 3.09. The van der Waals surface area contributed by atoms with Gasteiger partial charge >= 0.3 is 0 Å². The molecule has 0 aromatic heterocycles. The van der Waals surface area contributed by atoms with Crippen molar-refractivity contribution in [2.24, 2.45) is 5.41 Å². The molecule has 1 spiro atoms. The quantitative estimate of drug-likeness (QED) is 0.772. The van der Waals surface area contributed by atoms with Crippen LogP contribution in [0.5, 0.6) is 0 Å². The molecular formula is C13H22N2O2. The average Bonchev–Trinajstić information content (AvgIpc) is 2.91. The van der Waals surface area contributed by atoms with E-state index in [0.717, 1.165) is 64.9 Å². The highest BCUT2D eigenvalue weighted by Gasteiger charge is 2.44. The highest BCUT2D eigenvalue weighted by Crippen LogP contribution is 2.39. The molecule has 0 saturated carbocycles. The predicted octanol–water partition coefficient (Wildman–Crippen LogP) is 0.767. The van der Waals surface area contributed by atoms with Gasteiger partial charge in [0.1, 0.15) is 0 Å². The van der Waals surface area contributed by atoms with Gasteiger partial charge in [-0.05, 0) is 44.2 Å². The molecular weight excluding hydrogens is 216 g/mol. The van der Waals surface area contributed by atoms with Crippen LogP contribution in [0.4, 0.5) is 0 Å². The molecule has 3 heterocycles. The molecule has 96 valence electrons. The van der Waals surface area contributed by atoms with E-state index in [1.807, 2.05) is 0 Å². The summed E-state index contributed by atoms with van der Waals surface area (Å²) < 4.78 is 5.63. The Hall–Kier alpha value is -0.610. The smallest absolute Gasteiger partial charge is 0.223 e. The van der Waals surface area contributed by atoms with Gasteiger partial charge in [-0.2, -0.15) is 0 Å². The van der Waals surface area contributed by atoms with Gasteiger partial charge in [-0.25, -0.2) is 0 Å². The first-order valence-electron chi connectivity index (χ1n) is 6.88. The Morgan fingerprint density at radius 1 is 1.41 bits per heavy atom. The summed E-state index contributed by atoms with van der Waals surface area (Å²) in [5.74, 6) is 0.349. The minimum absolute atomic E-state index is 0.279. The van der Waals surface area contributed by atoms with E-state index in [1.54, 1.807) is 0 Å². The Balaban J connectivity index is 1.60. The Labute approximate surface area is 103 Å². The van der Waals surface area contributed by atoms with Crippen molar-refractivity contribution in [3.05, 3.63) is 0 Å². The third-order valence-electron chi connectivity index (χ3n) is 4.52. The molecule has 1 atom stereocenters. The highest BCUT2D eigenvalue weighted by molar-refractivity contribution is 5.79. The molecule has 1 N–H and O–H groups in total. The summed E-state index contributed by atoms with van der Waals surface area (Å²) >= 11 is 0. The number of piperidine rings is 1. The maximum Gasteiger partial charge on any atom is 0.223 e. The number of nitrogens with one attached hydrogen (secondary N) is 1. The van der Waals surface area contributed by atoms with Crippen LogP contribution in [-0.4, -0.2) is 49.7 Å². The van der Waals surface area contributed by atoms with Crippen molar-refractivity contribution in [3.8, 4) is 0 Å². The number of carbonyl (C=O) groups is 1. The van der Waals surface area contributed by atoms with E-state index in [1.165, 1.54) is 0 Å². The fourth-order valence-corrected chi connectivity index (χ4v) is 3.47. The van der Waals surface area contributed by atoms with E-state index in [2.05, 4.69) is 10.2 Å². The van der Waals surface area contributed by atoms with Gasteiger partial charge in [0, 0.05) is 26.1 Å². The van der Waals surface area contributed by atoms with Crippen molar-refractivity contribution in [2.45, 2.75) is 38.2 Å². The normalized spacial score (nSPS) is 32.6. The zero-order valence-electron chi connectivity index (χ0n) is 10.4. The van der Waals surface area contributed by atoms with E-state index >= 15 is 0 Å².